The molecule has 1 atom stereocenters. The van der Waals surface area contributed by atoms with Crippen LogP contribution >= 0.6 is 0 Å². The van der Waals surface area contributed by atoms with E-state index in [2.05, 4.69) is 0 Å². The Bertz CT molecular complexity index is 1240. The molecule has 1 aromatic heterocycles. The van der Waals surface area contributed by atoms with E-state index in [1.54, 1.807) is 55.5 Å². The fourth-order valence-corrected chi connectivity index (χ4v) is 3.74. The number of fused-ring (bicyclic) bond motifs is 4. The van der Waals surface area contributed by atoms with E-state index >= 15 is 0 Å². The van der Waals surface area contributed by atoms with Crippen molar-refractivity contribution < 1.29 is 9.53 Å². The number of rotatable bonds is 1. The Hall–Kier alpha value is -3.61. The van der Waals surface area contributed by atoms with Crippen LogP contribution in [0.1, 0.15) is 23.5 Å². The van der Waals surface area contributed by atoms with Crippen molar-refractivity contribution >= 4 is 5.78 Å². The van der Waals surface area contributed by atoms with Gasteiger partial charge >= 0.3 is 11.4 Å². The SMILES string of the molecule is CC1=C2C(=O)c3ccccc3OC2n2c(=O)n(-c3ccccc3)c(=O)n2C1. The molecule has 0 bridgehead atoms. The molecule has 0 fully saturated rings. The van der Waals surface area contributed by atoms with E-state index in [9.17, 15) is 14.4 Å². The first-order valence-corrected chi connectivity index (χ1v) is 8.57. The normalized spacial score (nSPS) is 17.8. The highest BCUT2D eigenvalue weighted by molar-refractivity contribution is 6.12. The summed E-state index contributed by atoms with van der Waals surface area (Å²) in [5.41, 5.74) is 1.08. The number of ether oxygens (including phenoxy) is 1. The fraction of sp³-hybridized carbons (Fsp3) is 0.150. The van der Waals surface area contributed by atoms with Gasteiger partial charge in [-0.1, -0.05) is 30.3 Å². The van der Waals surface area contributed by atoms with Crippen LogP contribution in [0.15, 0.2) is 75.3 Å². The van der Waals surface area contributed by atoms with Gasteiger partial charge in [-0.2, -0.15) is 4.68 Å². The monoisotopic (exact) mass is 361 g/mol. The van der Waals surface area contributed by atoms with Crippen LogP contribution in [0.4, 0.5) is 0 Å². The third-order valence-corrected chi connectivity index (χ3v) is 5.00. The minimum absolute atomic E-state index is 0.164. The summed E-state index contributed by atoms with van der Waals surface area (Å²) in [4.78, 5) is 39.0. The fourth-order valence-electron chi connectivity index (χ4n) is 3.74. The molecule has 0 N–H and O–H groups in total. The van der Waals surface area contributed by atoms with Gasteiger partial charge < -0.3 is 4.74 Å². The maximum atomic E-state index is 13.1. The third kappa shape index (κ3) is 2.05. The first-order chi connectivity index (χ1) is 13.1. The second-order valence-corrected chi connectivity index (χ2v) is 6.63. The van der Waals surface area contributed by atoms with E-state index in [0.717, 1.165) is 4.57 Å². The van der Waals surface area contributed by atoms with Crippen molar-refractivity contribution in [1.82, 2.24) is 13.9 Å². The van der Waals surface area contributed by atoms with E-state index in [1.807, 2.05) is 6.07 Å². The average Bonchev–Trinajstić information content (AvgIpc) is 2.93. The zero-order chi connectivity index (χ0) is 18.7. The van der Waals surface area contributed by atoms with Gasteiger partial charge in [0.15, 0.2) is 5.78 Å². The molecule has 0 aliphatic carbocycles. The van der Waals surface area contributed by atoms with Crippen LogP contribution < -0.4 is 16.1 Å². The van der Waals surface area contributed by atoms with E-state index in [0.29, 0.717) is 28.1 Å². The molecule has 2 aliphatic heterocycles. The number of hydrogen-bond acceptors (Lipinski definition) is 4. The Morgan fingerprint density at radius 1 is 0.926 bits per heavy atom. The van der Waals surface area contributed by atoms with Crippen molar-refractivity contribution in [2.75, 3.05) is 0 Å². The summed E-state index contributed by atoms with van der Waals surface area (Å²) in [6.45, 7) is 1.95. The minimum atomic E-state index is -0.952. The van der Waals surface area contributed by atoms with Crippen molar-refractivity contribution in [3.05, 3.63) is 92.3 Å². The summed E-state index contributed by atoms with van der Waals surface area (Å²) in [6.07, 6.45) is -0.952. The molecule has 5 rings (SSSR count). The lowest BCUT2D eigenvalue weighted by atomic mass is 9.93. The number of para-hydroxylation sites is 2. The second-order valence-electron chi connectivity index (χ2n) is 6.63. The molecule has 0 amide bonds. The zero-order valence-electron chi connectivity index (χ0n) is 14.5. The van der Waals surface area contributed by atoms with Crippen molar-refractivity contribution in [2.24, 2.45) is 0 Å². The number of allylic oxidation sites excluding steroid dienone is 1. The van der Waals surface area contributed by atoms with Gasteiger partial charge in [0.25, 0.3) is 0 Å². The van der Waals surface area contributed by atoms with E-state index < -0.39 is 17.6 Å². The lowest BCUT2D eigenvalue weighted by Gasteiger charge is -2.33. The summed E-state index contributed by atoms with van der Waals surface area (Å²) in [7, 11) is 0. The Labute approximate surface area is 153 Å². The molecule has 2 aliphatic rings. The number of ketones is 1. The van der Waals surface area contributed by atoms with Crippen LogP contribution in [0, 0.1) is 0 Å². The molecule has 3 aromatic rings. The predicted molar refractivity (Wildman–Crippen MR) is 97.4 cm³/mol. The maximum Gasteiger partial charge on any atom is 0.355 e. The smallest absolute Gasteiger partial charge is 0.355 e. The Morgan fingerprint density at radius 2 is 1.63 bits per heavy atom. The van der Waals surface area contributed by atoms with Gasteiger partial charge in [0.05, 0.1) is 23.4 Å². The average molecular weight is 361 g/mol. The molecule has 0 spiro atoms. The van der Waals surface area contributed by atoms with Gasteiger partial charge in [0.2, 0.25) is 6.23 Å². The van der Waals surface area contributed by atoms with Crippen molar-refractivity contribution in [3.8, 4) is 11.4 Å². The summed E-state index contributed by atoms with van der Waals surface area (Å²) >= 11 is 0. The lowest BCUT2D eigenvalue weighted by Crippen LogP contribution is -2.42. The first kappa shape index (κ1) is 15.6. The predicted octanol–water partition coefficient (Wildman–Crippen LogP) is 1.90. The summed E-state index contributed by atoms with van der Waals surface area (Å²) in [5, 5.41) is 0. The molecule has 7 nitrogen and oxygen atoms in total. The van der Waals surface area contributed by atoms with Crippen molar-refractivity contribution in [1.29, 1.82) is 0 Å². The van der Waals surface area contributed by atoms with Gasteiger partial charge in [0.1, 0.15) is 5.75 Å². The highest BCUT2D eigenvalue weighted by Gasteiger charge is 2.40. The number of benzene rings is 2. The van der Waals surface area contributed by atoms with E-state index in [1.165, 1.54) is 9.36 Å². The number of aromatic nitrogens is 3. The molecule has 2 aromatic carbocycles. The first-order valence-electron chi connectivity index (χ1n) is 8.57. The number of carbonyl (C=O) groups is 1. The summed E-state index contributed by atoms with van der Waals surface area (Å²) in [6, 6.07) is 15.6. The molecule has 0 radical (unpaired) electrons. The topological polar surface area (TPSA) is 75.2 Å². The molecular weight excluding hydrogens is 346 g/mol. The molecule has 0 saturated heterocycles. The Kier molecular flexibility index (Phi) is 3.15. The highest BCUT2D eigenvalue weighted by Crippen LogP contribution is 2.38. The molecule has 134 valence electrons. The van der Waals surface area contributed by atoms with E-state index in [-0.39, 0.29) is 12.3 Å². The standard InChI is InChI=1S/C20H15N3O4/c1-12-11-21-19(25)22(13-7-3-2-4-8-13)20(26)23(21)18-16(12)17(24)14-9-5-6-10-15(14)27-18/h2-10,18H,11H2,1H3. The number of carbonyl (C=O) groups excluding carboxylic acids is 1. The van der Waals surface area contributed by atoms with Gasteiger partial charge in [-0.3, -0.25) is 4.79 Å². The van der Waals surface area contributed by atoms with Gasteiger partial charge in [-0.25, -0.2) is 18.8 Å². The highest BCUT2D eigenvalue weighted by atomic mass is 16.5. The number of Topliss-reactive ketones (excluding diaryl/α,β-unsaturated/α-hetero) is 1. The van der Waals surface area contributed by atoms with Crippen LogP contribution in [0.3, 0.4) is 0 Å². The molecular formula is C20H15N3O4. The summed E-state index contributed by atoms with van der Waals surface area (Å²) in [5.74, 6) is 0.238. The molecule has 1 unspecified atom stereocenters. The van der Waals surface area contributed by atoms with Crippen LogP contribution in [-0.4, -0.2) is 19.7 Å². The van der Waals surface area contributed by atoms with Crippen molar-refractivity contribution in [3.63, 3.8) is 0 Å². The molecule has 27 heavy (non-hydrogen) atoms. The van der Waals surface area contributed by atoms with Gasteiger partial charge in [-0.15, -0.1) is 0 Å². The van der Waals surface area contributed by atoms with Gasteiger partial charge in [0, 0.05) is 0 Å². The zero-order valence-corrected chi connectivity index (χ0v) is 14.5. The van der Waals surface area contributed by atoms with Crippen LogP contribution in [0.2, 0.25) is 0 Å². The Balaban J connectivity index is 1.77. The molecule has 0 saturated carbocycles. The number of nitrogens with zero attached hydrogens (tertiary/aromatic N) is 3. The van der Waals surface area contributed by atoms with Crippen LogP contribution in [-0.2, 0) is 6.54 Å². The molecule has 7 heteroatoms. The molecule has 3 heterocycles. The van der Waals surface area contributed by atoms with Crippen molar-refractivity contribution in [2.45, 2.75) is 19.7 Å². The van der Waals surface area contributed by atoms with Crippen LogP contribution in [0.25, 0.3) is 5.69 Å². The second kappa shape index (κ2) is 5.44. The maximum absolute atomic E-state index is 13.1. The quantitative estimate of drug-likeness (QED) is 0.663. The largest absolute Gasteiger partial charge is 0.463 e. The van der Waals surface area contributed by atoms with Crippen LogP contribution in [0.5, 0.6) is 5.75 Å². The van der Waals surface area contributed by atoms with Gasteiger partial charge in [-0.05, 0) is 36.8 Å². The Morgan fingerprint density at radius 3 is 2.41 bits per heavy atom. The number of hydrogen-bond donors (Lipinski definition) is 0. The van der Waals surface area contributed by atoms with E-state index in [4.69, 9.17) is 4.74 Å². The third-order valence-electron chi connectivity index (χ3n) is 5.00. The summed E-state index contributed by atoms with van der Waals surface area (Å²) < 4.78 is 9.68. The minimum Gasteiger partial charge on any atom is -0.463 e. The lowest BCUT2D eigenvalue weighted by molar-refractivity contribution is 0.0787.